The predicted molar refractivity (Wildman–Crippen MR) is 116 cm³/mol. The highest BCUT2D eigenvalue weighted by Crippen LogP contribution is 2.31. The highest BCUT2D eigenvalue weighted by molar-refractivity contribution is 7.89. The number of carbonyl (C=O) groups excluding carboxylic acids is 1. The van der Waals surface area contributed by atoms with Gasteiger partial charge in [-0.15, -0.1) is 0 Å². The summed E-state index contributed by atoms with van der Waals surface area (Å²) in [6.45, 7) is 0.377. The molecule has 0 atom stereocenters. The average Bonchev–Trinajstić information content (AvgIpc) is 3.21. The Kier molecular flexibility index (Phi) is 5.80. The first-order chi connectivity index (χ1) is 15.2. The van der Waals surface area contributed by atoms with Crippen molar-refractivity contribution in [3.05, 3.63) is 63.4 Å². The van der Waals surface area contributed by atoms with Crippen molar-refractivity contribution in [1.82, 2.24) is 9.21 Å². The Morgan fingerprint density at radius 3 is 2.50 bits per heavy atom. The third-order valence-electron chi connectivity index (χ3n) is 5.20. The van der Waals surface area contributed by atoms with Gasteiger partial charge in [0.15, 0.2) is 11.5 Å². The number of hydrogen-bond acceptors (Lipinski definition) is 7. The lowest BCUT2D eigenvalue weighted by atomic mass is 10.2. The number of nitro groups is 1. The Labute approximate surface area is 188 Å². The van der Waals surface area contributed by atoms with E-state index in [1.54, 1.807) is 24.3 Å². The summed E-state index contributed by atoms with van der Waals surface area (Å²) in [6.07, 6.45) is 0. The number of hydrogen-bond donors (Lipinski definition) is 0. The van der Waals surface area contributed by atoms with Crippen molar-refractivity contribution in [3.63, 3.8) is 0 Å². The largest absolute Gasteiger partial charge is 0.490 e. The van der Waals surface area contributed by atoms with Gasteiger partial charge >= 0.3 is 5.69 Å². The second-order valence-corrected chi connectivity index (χ2v) is 9.45. The molecule has 168 valence electrons. The second-order valence-electron chi connectivity index (χ2n) is 7.08. The predicted octanol–water partition coefficient (Wildman–Crippen LogP) is 3.15. The van der Waals surface area contributed by atoms with E-state index in [1.165, 1.54) is 28.4 Å². The minimum atomic E-state index is -3.98. The molecule has 0 aliphatic carbocycles. The monoisotopic (exact) mass is 479 g/mol. The van der Waals surface area contributed by atoms with Gasteiger partial charge in [-0.05, 0) is 36.4 Å². The minimum absolute atomic E-state index is 0.0310. The highest BCUT2D eigenvalue weighted by Gasteiger charge is 2.33. The Bertz CT molecular complexity index is 1310. The van der Waals surface area contributed by atoms with Crippen molar-refractivity contribution in [2.75, 3.05) is 33.3 Å². The topological polar surface area (TPSA) is 123 Å². The smallest absolute Gasteiger partial charge is 0.312 e. The van der Waals surface area contributed by atoms with Crippen LogP contribution in [0.25, 0.3) is 11.0 Å². The zero-order valence-corrected chi connectivity index (χ0v) is 18.4. The normalized spacial score (nSPS) is 15.1. The van der Waals surface area contributed by atoms with Crippen molar-refractivity contribution >= 4 is 44.2 Å². The van der Waals surface area contributed by atoms with E-state index in [2.05, 4.69) is 0 Å². The third kappa shape index (κ3) is 4.01. The molecule has 10 nitrogen and oxygen atoms in total. The Morgan fingerprint density at radius 1 is 1.12 bits per heavy atom. The van der Waals surface area contributed by atoms with Crippen LogP contribution >= 0.6 is 11.6 Å². The summed E-state index contributed by atoms with van der Waals surface area (Å²) < 4.78 is 37.7. The maximum Gasteiger partial charge on any atom is 0.312 e. The van der Waals surface area contributed by atoms with Crippen LogP contribution in [0, 0.1) is 10.1 Å². The van der Waals surface area contributed by atoms with Crippen molar-refractivity contribution in [3.8, 4) is 5.75 Å². The van der Waals surface area contributed by atoms with Crippen molar-refractivity contribution in [2.24, 2.45) is 0 Å². The van der Waals surface area contributed by atoms with Crippen LogP contribution in [0.2, 0.25) is 5.02 Å². The van der Waals surface area contributed by atoms with E-state index in [0.717, 1.165) is 6.07 Å². The Balaban J connectivity index is 1.49. The Hall–Kier alpha value is -3.15. The van der Waals surface area contributed by atoms with Gasteiger partial charge < -0.3 is 14.1 Å². The van der Waals surface area contributed by atoms with Crippen molar-refractivity contribution in [1.29, 1.82) is 0 Å². The number of piperazine rings is 1. The van der Waals surface area contributed by atoms with Gasteiger partial charge in [-0.25, -0.2) is 8.42 Å². The molecule has 1 amide bonds. The fraction of sp³-hybridized carbons (Fsp3) is 0.250. The van der Waals surface area contributed by atoms with Crippen LogP contribution in [0.15, 0.2) is 51.8 Å². The molecular weight excluding hydrogens is 462 g/mol. The zero-order chi connectivity index (χ0) is 23.0. The number of halogens is 1. The molecular formula is C20H18ClN3O7S. The molecule has 0 saturated carbocycles. The molecule has 0 spiro atoms. The van der Waals surface area contributed by atoms with E-state index in [9.17, 15) is 23.3 Å². The van der Waals surface area contributed by atoms with Gasteiger partial charge in [-0.2, -0.15) is 4.31 Å². The molecule has 1 aromatic heterocycles. The summed E-state index contributed by atoms with van der Waals surface area (Å²) in [5.41, 5.74) is 0.0902. The number of methoxy groups -OCH3 is 1. The molecule has 0 N–H and O–H groups in total. The standard InChI is InChI=1S/C20H18ClN3O7S/c1-30-18-5-3-15(12-16(18)24(26)27)32(28,29)23-8-6-22(7-9-23)20(25)19-11-13-10-14(21)2-4-17(13)31-19/h2-5,10-12H,6-9H2,1H3. The van der Waals surface area contributed by atoms with E-state index in [4.69, 9.17) is 20.8 Å². The molecule has 1 fully saturated rings. The number of rotatable bonds is 5. The molecule has 32 heavy (non-hydrogen) atoms. The van der Waals surface area contributed by atoms with Crippen LogP contribution < -0.4 is 4.74 Å². The number of nitro benzene ring substituents is 1. The van der Waals surface area contributed by atoms with Crippen LogP contribution in [0.5, 0.6) is 5.75 Å². The van der Waals surface area contributed by atoms with Gasteiger partial charge in [-0.1, -0.05) is 11.6 Å². The number of sulfonamides is 1. The van der Waals surface area contributed by atoms with Crippen LogP contribution in [-0.4, -0.2) is 61.7 Å². The van der Waals surface area contributed by atoms with Gasteiger partial charge in [0.1, 0.15) is 5.58 Å². The quantitative estimate of drug-likeness (QED) is 0.406. The van der Waals surface area contributed by atoms with Crippen molar-refractivity contribution in [2.45, 2.75) is 4.90 Å². The summed E-state index contributed by atoms with van der Waals surface area (Å²) >= 11 is 5.97. The molecule has 1 saturated heterocycles. The second kappa shape index (κ2) is 8.41. The number of nitrogens with zero attached hydrogens (tertiary/aromatic N) is 3. The SMILES string of the molecule is COc1ccc(S(=O)(=O)N2CCN(C(=O)c3cc4cc(Cl)ccc4o3)CC2)cc1[N+](=O)[O-]. The van der Waals surface area contributed by atoms with Crippen LogP contribution in [0.3, 0.4) is 0 Å². The van der Waals surface area contributed by atoms with Gasteiger partial charge in [0, 0.05) is 42.7 Å². The van der Waals surface area contributed by atoms with Gasteiger partial charge in [-0.3, -0.25) is 14.9 Å². The molecule has 0 unspecified atom stereocenters. The summed E-state index contributed by atoms with van der Waals surface area (Å²) in [5.74, 6) is -0.240. The molecule has 2 aromatic carbocycles. The summed E-state index contributed by atoms with van der Waals surface area (Å²) in [5, 5.41) is 12.4. The fourth-order valence-electron chi connectivity index (χ4n) is 3.53. The lowest BCUT2D eigenvalue weighted by molar-refractivity contribution is -0.386. The van der Waals surface area contributed by atoms with Crippen LogP contribution in [-0.2, 0) is 10.0 Å². The average molecular weight is 480 g/mol. The minimum Gasteiger partial charge on any atom is -0.490 e. The van der Waals surface area contributed by atoms with E-state index < -0.39 is 20.6 Å². The molecule has 1 aliphatic heterocycles. The molecule has 4 rings (SSSR count). The van der Waals surface area contributed by atoms with E-state index in [1.807, 2.05) is 0 Å². The first kappa shape index (κ1) is 22.1. The van der Waals surface area contributed by atoms with E-state index >= 15 is 0 Å². The third-order valence-corrected chi connectivity index (χ3v) is 7.33. The first-order valence-corrected chi connectivity index (χ1v) is 11.3. The summed E-state index contributed by atoms with van der Waals surface area (Å²) in [7, 11) is -2.72. The van der Waals surface area contributed by atoms with Crippen molar-refractivity contribution < 1.29 is 27.3 Å². The van der Waals surface area contributed by atoms with Gasteiger partial charge in [0.25, 0.3) is 5.91 Å². The Morgan fingerprint density at radius 2 is 1.84 bits per heavy atom. The number of benzene rings is 2. The maximum atomic E-state index is 13.0. The van der Waals surface area contributed by atoms with E-state index in [0.29, 0.717) is 16.0 Å². The van der Waals surface area contributed by atoms with E-state index in [-0.39, 0.29) is 48.5 Å². The number of amides is 1. The molecule has 2 heterocycles. The number of ether oxygens (including phenoxy) is 1. The molecule has 1 aliphatic rings. The number of carbonyl (C=O) groups is 1. The maximum absolute atomic E-state index is 13.0. The fourth-order valence-corrected chi connectivity index (χ4v) is 5.15. The number of furan rings is 1. The zero-order valence-electron chi connectivity index (χ0n) is 16.9. The molecule has 0 bridgehead atoms. The summed E-state index contributed by atoms with van der Waals surface area (Å²) in [6, 6.07) is 10.1. The molecule has 0 radical (unpaired) electrons. The molecule has 3 aromatic rings. The van der Waals surface area contributed by atoms with Gasteiger partial charge in [0.05, 0.1) is 16.9 Å². The summed E-state index contributed by atoms with van der Waals surface area (Å²) in [4.78, 5) is 24.6. The lowest BCUT2D eigenvalue weighted by Crippen LogP contribution is -2.50. The number of fused-ring (bicyclic) bond motifs is 1. The highest BCUT2D eigenvalue weighted by atomic mass is 35.5. The first-order valence-electron chi connectivity index (χ1n) is 9.51. The van der Waals surface area contributed by atoms with Crippen LogP contribution in [0.1, 0.15) is 10.6 Å². The molecule has 12 heteroatoms. The lowest BCUT2D eigenvalue weighted by Gasteiger charge is -2.33. The van der Waals surface area contributed by atoms with Crippen LogP contribution in [0.4, 0.5) is 5.69 Å². The van der Waals surface area contributed by atoms with Gasteiger partial charge in [0.2, 0.25) is 10.0 Å².